The quantitative estimate of drug-likeness (QED) is 0.664. The van der Waals surface area contributed by atoms with Gasteiger partial charge in [-0.15, -0.1) is 11.6 Å². The molecule has 2 rings (SSSR count). The first-order valence-electron chi connectivity index (χ1n) is 5.89. The number of alkyl halides is 1. The lowest BCUT2D eigenvalue weighted by Crippen LogP contribution is -2.31. The zero-order chi connectivity index (χ0) is 12.8. The Balaban J connectivity index is 2.24. The number of pyridine rings is 1. The predicted molar refractivity (Wildman–Crippen MR) is 77.1 cm³/mol. The molecule has 1 aromatic carbocycles. The van der Waals surface area contributed by atoms with Crippen molar-refractivity contribution in [2.45, 2.75) is 6.42 Å². The van der Waals surface area contributed by atoms with E-state index in [1.165, 1.54) is 0 Å². The van der Waals surface area contributed by atoms with Crippen molar-refractivity contribution in [3.63, 3.8) is 0 Å². The van der Waals surface area contributed by atoms with Crippen LogP contribution in [-0.2, 0) is 6.42 Å². The number of hydrogen-bond acceptors (Lipinski definition) is 1. The van der Waals surface area contributed by atoms with Gasteiger partial charge in [-0.2, -0.15) is 0 Å². The van der Waals surface area contributed by atoms with Gasteiger partial charge in [-0.25, -0.2) is 4.57 Å². The third kappa shape index (κ3) is 3.11. The second kappa shape index (κ2) is 6.22. The molecular formula is C15H16ClN2+. The zero-order valence-electron chi connectivity index (χ0n) is 10.1. The summed E-state index contributed by atoms with van der Waals surface area (Å²) in [4.78, 5) is 0. The van der Waals surface area contributed by atoms with Crippen LogP contribution in [0.3, 0.4) is 0 Å². The summed E-state index contributed by atoms with van der Waals surface area (Å²) >= 11 is 5.75. The Morgan fingerprint density at radius 1 is 1.11 bits per heavy atom. The van der Waals surface area contributed by atoms with Gasteiger partial charge in [0.15, 0.2) is 0 Å². The lowest BCUT2D eigenvalue weighted by molar-refractivity contribution is -0.551. The SMILES string of the molecule is Nc1c(CCCl)ccc[n+]1C=Cc1ccccc1. The average Bonchev–Trinajstić information content (AvgIpc) is 2.41. The number of benzene rings is 1. The van der Waals surface area contributed by atoms with Crippen LogP contribution < -0.4 is 10.3 Å². The van der Waals surface area contributed by atoms with Crippen LogP contribution in [0, 0.1) is 0 Å². The van der Waals surface area contributed by atoms with Crippen LogP contribution >= 0.6 is 11.6 Å². The zero-order valence-corrected chi connectivity index (χ0v) is 10.8. The molecule has 0 radical (unpaired) electrons. The molecular weight excluding hydrogens is 244 g/mol. The van der Waals surface area contributed by atoms with Gasteiger partial charge in [-0.3, -0.25) is 5.73 Å². The van der Waals surface area contributed by atoms with Gasteiger partial charge in [-0.05, 0) is 30.2 Å². The van der Waals surface area contributed by atoms with Crippen molar-refractivity contribution in [2.75, 3.05) is 11.6 Å². The number of halogens is 1. The second-order valence-electron chi connectivity index (χ2n) is 3.99. The molecule has 0 unspecified atom stereocenters. The van der Waals surface area contributed by atoms with Crippen molar-refractivity contribution in [3.8, 4) is 0 Å². The van der Waals surface area contributed by atoms with E-state index in [0.717, 1.165) is 23.4 Å². The molecule has 2 aromatic rings. The van der Waals surface area contributed by atoms with Crippen molar-refractivity contribution < 1.29 is 4.57 Å². The van der Waals surface area contributed by atoms with Crippen molar-refractivity contribution >= 4 is 29.7 Å². The molecule has 0 bridgehead atoms. The molecule has 1 heterocycles. The number of nitrogen functional groups attached to an aromatic ring is 1. The number of aromatic nitrogens is 1. The molecule has 0 spiro atoms. The lowest BCUT2D eigenvalue weighted by atomic mass is 10.2. The fraction of sp³-hybridized carbons (Fsp3) is 0.133. The highest BCUT2D eigenvalue weighted by molar-refractivity contribution is 6.18. The lowest BCUT2D eigenvalue weighted by Gasteiger charge is -2.02. The van der Waals surface area contributed by atoms with E-state index in [-0.39, 0.29) is 0 Å². The largest absolute Gasteiger partial charge is 0.286 e. The van der Waals surface area contributed by atoms with E-state index in [1.54, 1.807) is 0 Å². The fourth-order valence-electron chi connectivity index (χ4n) is 1.76. The molecule has 92 valence electrons. The molecule has 3 heteroatoms. The van der Waals surface area contributed by atoms with Crippen molar-refractivity contribution in [3.05, 3.63) is 59.8 Å². The highest BCUT2D eigenvalue weighted by atomic mass is 35.5. The molecule has 2 N–H and O–H groups in total. The summed E-state index contributed by atoms with van der Waals surface area (Å²) < 4.78 is 1.91. The first-order chi connectivity index (χ1) is 8.81. The Morgan fingerprint density at radius 3 is 2.61 bits per heavy atom. The number of hydrogen-bond donors (Lipinski definition) is 1. The van der Waals surface area contributed by atoms with Crippen LogP contribution in [0.25, 0.3) is 12.3 Å². The number of nitrogens with zero attached hydrogens (tertiary/aromatic N) is 1. The topological polar surface area (TPSA) is 29.9 Å². The third-order valence-corrected chi connectivity index (χ3v) is 2.93. The monoisotopic (exact) mass is 259 g/mol. The maximum Gasteiger partial charge on any atom is 0.280 e. The maximum absolute atomic E-state index is 6.09. The van der Waals surface area contributed by atoms with Gasteiger partial charge >= 0.3 is 0 Å². The minimum Gasteiger partial charge on any atom is -0.286 e. The molecule has 0 fully saturated rings. The fourth-order valence-corrected chi connectivity index (χ4v) is 1.96. The standard InChI is InChI=1S/C15H15ClN2/c16-10-8-14-7-4-11-18(15(14)17)12-9-13-5-2-1-3-6-13/h1-7,9,11-12,17H,8,10H2/p+1. The van der Waals surface area contributed by atoms with Crippen molar-refractivity contribution in [1.29, 1.82) is 0 Å². The van der Waals surface area contributed by atoms with E-state index in [0.29, 0.717) is 5.88 Å². The third-order valence-electron chi connectivity index (χ3n) is 2.74. The molecule has 0 aliphatic heterocycles. The highest BCUT2D eigenvalue weighted by Gasteiger charge is 2.07. The Morgan fingerprint density at radius 2 is 1.89 bits per heavy atom. The minimum absolute atomic E-state index is 0.580. The van der Waals surface area contributed by atoms with Crippen molar-refractivity contribution in [1.82, 2.24) is 0 Å². The first-order valence-corrected chi connectivity index (χ1v) is 6.42. The summed E-state index contributed by atoms with van der Waals surface area (Å²) in [6.07, 6.45) is 6.71. The summed E-state index contributed by atoms with van der Waals surface area (Å²) in [5.41, 5.74) is 8.31. The summed E-state index contributed by atoms with van der Waals surface area (Å²) in [5, 5.41) is 0. The first kappa shape index (κ1) is 12.7. The van der Waals surface area contributed by atoms with Gasteiger partial charge in [0.2, 0.25) is 0 Å². The van der Waals surface area contributed by atoms with Gasteiger partial charge in [0.05, 0.1) is 12.4 Å². The molecule has 0 atom stereocenters. The van der Waals surface area contributed by atoms with Gasteiger partial charge in [0.25, 0.3) is 5.82 Å². The molecule has 2 nitrogen and oxygen atoms in total. The summed E-state index contributed by atoms with van der Waals surface area (Å²) in [7, 11) is 0. The van der Waals surface area contributed by atoms with Crippen LogP contribution in [0.2, 0.25) is 0 Å². The molecule has 0 amide bonds. The average molecular weight is 260 g/mol. The summed E-state index contributed by atoms with van der Waals surface area (Å²) in [5.74, 6) is 1.32. The molecule has 1 aromatic heterocycles. The highest BCUT2D eigenvalue weighted by Crippen LogP contribution is 2.08. The normalized spacial score (nSPS) is 10.9. The summed E-state index contributed by atoms with van der Waals surface area (Å²) in [6, 6.07) is 14.1. The van der Waals surface area contributed by atoms with Crippen LogP contribution in [0.5, 0.6) is 0 Å². The minimum atomic E-state index is 0.580. The number of anilines is 1. The molecule has 18 heavy (non-hydrogen) atoms. The van der Waals surface area contributed by atoms with Gasteiger partial charge in [-0.1, -0.05) is 30.3 Å². The second-order valence-corrected chi connectivity index (χ2v) is 4.37. The van der Waals surface area contributed by atoms with E-state index < -0.39 is 0 Å². The summed E-state index contributed by atoms with van der Waals surface area (Å²) in [6.45, 7) is 0. The Hall–Kier alpha value is -1.80. The van der Waals surface area contributed by atoms with Gasteiger partial charge in [0.1, 0.15) is 0 Å². The van der Waals surface area contributed by atoms with Gasteiger partial charge < -0.3 is 0 Å². The molecule has 0 aliphatic rings. The van der Waals surface area contributed by atoms with Gasteiger partial charge in [0, 0.05) is 11.4 Å². The van der Waals surface area contributed by atoms with E-state index in [4.69, 9.17) is 17.3 Å². The van der Waals surface area contributed by atoms with Crippen LogP contribution in [0.15, 0.2) is 48.7 Å². The molecule has 0 saturated carbocycles. The Kier molecular flexibility index (Phi) is 4.37. The van der Waals surface area contributed by atoms with Crippen LogP contribution in [0.1, 0.15) is 11.1 Å². The predicted octanol–water partition coefficient (Wildman–Crippen LogP) is 2.97. The Bertz CT molecular complexity index is 535. The number of nitrogens with two attached hydrogens (primary N) is 1. The Labute approximate surface area is 112 Å². The number of rotatable bonds is 4. The van der Waals surface area contributed by atoms with E-state index in [1.807, 2.05) is 53.4 Å². The molecule has 0 aliphatic carbocycles. The van der Waals surface area contributed by atoms with Crippen LogP contribution in [-0.4, -0.2) is 5.88 Å². The smallest absolute Gasteiger partial charge is 0.280 e. The van der Waals surface area contributed by atoms with E-state index >= 15 is 0 Å². The number of aryl methyl sites for hydroxylation is 1. The van der Waals surface area contributed by atoms with Crippen molar-refractivity contribution in [2.24, 2.45) is 0 Å². The van der Waals surface area contributed by atoms with Crippen LogP contribution in [0.4, 0.5) is 5.82 Å². The maximum atomic E-state index is 6.09. The molecule has 0 saturated heterocycles. The van der Waals surface area contributed by atoms with E-state index in [2.05, 4.69) is 12.1 Å². The van der Waals surface area contributed by atoms with E-state index in [9.17, 15) is 0 Å².